The molecule has 3 nitrogen and oxygen atoms in total. The fourth-order valence-electron chi connectivity index (χ4n) is 1.21. The van der Waals surface area contributed by atoms with Gasteiger partial charge in [-0.05, 0) is 40.0 Å². The molecular weight excluding hydrogens is 348 g/mol. The summed E-state index contributed by atoms with van der Waals surface area (Å²) in [5.74, 6) is 0.232. The molecule has 1 aromatic carbocycles. The van der Waals surface area contributed by atoms with E-state index in [-0.39, 0.29) is 11.9 Å². The summed E-state index contributed by atoms with van der Waals surface area (Å²) in [5.41, 5.74) is 6.48. The van der Waals surface area contributed by atoms with Crippen molar-refractivity contribution in [2.75, 3.05) is 6.54 Å². The van der Waals surface area contributed by atoms with Crippen LogP contribution in [0.25, 0.3) is 0 Å². The summed E-state index contributed by atoms with van der Waals surface area (Å²) in [6.07, 6.45) is 0. The van der Waals surface area contributed by atoms with Gasteiger partial charge in [0.05, 0.1) is 5.56 Å². The summed E-state index contributed by atoms with van der Waals surface area (Å²) in [5, 5.41) is 2.83. The van der Waals surface area contributed by atoms with E-state index in [0.717, 1.165) is 8.95 Å². The van der Waals surface area contributed by atoms with E-state index in [0.29, 0.717) is 18.0 Å². The highest BCUT2D eigenvalue weighted by atomic mass is 79.9. The van der Waals surface area contributed by atoms with Crippen LogP contribution >= 0.6 is 31.9 Å². The minimum Gasteiger partial charge on any atom is -0.350 e. The van der Waals surface area contributed by atoms with Gasteiger partial charge in [-0.3, -0.25) is 4.79 Å². The number of hydrogen-bond donors (Lipinski definition) is 2. The molecule has 17 heavy (non-hydrogen) atoms. The number of amides is 1. The van der Waals surface area contributed by atoms with Gasteiger partial charge >= 0.3 is 0 Å². The molecule has 0 saturated carbocycles. The molecule has 1 rings (SSSR count). The predicted molar refractivity (Wildman–Crippen MR) is 77.0 cm³/mol. The second kappa shape index (κ2) is 6.52. The van der Waals surface area contributed by atoms with Crippen LogP contribution in [0.2, 0.25) is 0 Å². The van der Waals surface area contributed by atoms with Crippen molar-refractivity contribution >= 4 is 37.8 Å². The minimum absolute atomic E-state index is 0.0233. The molecule has 1 atom stereocenters. The molecule has 1 amide bonds. The Balaban J connectivity index is 2.67. The third kappa shape index (κ3) is 4.41. The highest BCUT2D eigenvalue weighted by Crippen LogP contribution is 2.21. The molecule has 1 unspecified atom stereocenters. The number of carbonyl (C=O) groups is 1. The van der Waals surface area contributed by atoms with Crippen LogP contribution in [0.1, 0.15) is 24.2 Å². The molecule has 0 heterocycles. The van der Waals surface area contributed by atoms with Crippen molar-refractivity contribution in [2.24, 2.45) is 11.7 Å². The Morgan fingerprint density at radius 2 is 2.06 bits per heavy atom. The van der Waals surface area contributed by atoms with Gasteiger partial charge < -0.3 is 11.1 Å². The summed E-state index contributed by atoms with van der Waals surface area (Å²) < 4.78 is 1.65. The lowest BCUT2D eigenvalue weighted by Crippen LogP contribution is -2.40. The first-order valence-corrected chi connectivity index (χ1v) is 6.99. The van der Waals surface area contributed by atoms with E-state index in [1.54, 1.807) is 6.07 Å². The van der Waals surface area contributed by atoms with E-state index in [4.69, 9.17) is 5.73 Å². The predicted octanol–water partition coefficient (Wildman–Crippen LogP) is 2.92. The summed E-state index contributed by atoms with van der Waals surface area (Å²) >= 11 is 6.70. The Bertz CT molecular complexity index is 407. The SMILES string of the molecule is CC(C)C(N)CNC(=O)c1cc(Br)ccc1Br. The summed E-state index contributed by atoms with van der Waals surface area (Å²) in [6.45, 7) is 4.55. The fourth-order valence-corrected chi connectivity index (χ4v) is 2.00. The lowest BCUT2D eigenvalue weighted by Gasteiger charge is -2.16. The molecule has 3 N–H and O–H groups in total. The molecule has 0 saturated heterocycles. The van der Waals surface area contributed by atoms with Crippen LogP contribution < -0.4 is 11.1 Å². The van der Waals surface area contributed by atoms with E-state index in [9.17, 15) is 4.79 Å². The first kappa shape index (κ1) is 14.7. The smallest absolute Gasteiger partial charge is 0.252 e. The minimum atomic E-state index is -0.116. The van der Waals surface area contributed by atoms with Crippen LogP contribution in [0.15, 0.2) is 27.1 Å². The molecule has 0 fully saturated rings. The topological polar surface area (TPSA) is 55.1 Å². The molecule has 0 aliphatic heterocycles. The lowest BCUT2D eigenvalue weighted by atomic mass is 10.1. The van der Waals surface area contributed by atoms with Crippen molar-refractivity contribution in [1.82, 2.24) is 5.32 Å². The number of nitrogens with two attached hydrogens (primary N) is 1. The molecule has 94 valence electrons. The average Bonchev–Trinajstić information content (AvgIpc) is 2.28. The van der Waals surface area contributed by atoms with Crippen LogP contribution in [0.5, 0.6) is 0 Å². The Morgan fingerprint density at radius 1 is 1.41 bits per heavy atom. The largest absolute Gasteiger partial charge is 0.350 e. The van der Waals surface area contributed by atoms with E-state index in [1.165, 1.54) is 0 Å². The standard InChI is InChI=1S/C12H16Br2N2O/c1-7(2)11(15)6-16-12(17)9-5-8(13)3-4-10(9)14/h3-5,7,11H,6,15H2,1-2H3,(H,16,17). The van der Waals surface area contributed by atoms with Crippen LogP contribution in [-0.4, -0.2) is 18.5 Å². The van der Waals surface area contributed by atoms with Crippen LogP contribution in [-0.2, 0) is 0 Å². The third-order valence-electron chi connectivity index (χ3n) is 2.53. The van der Waals surface area contributed by atoms with Crippen molar-refractivity contribution < 1.29 is 4.79 Å². The second-order valence-electron chi connectivity index (χ2n) is 4.24. The summed E-state index contributed by atoms with van der Waals surface area (Å²) in [4.78, 5) is 11.9. The molecule has 0 radical (unpaired) electrons. The van der Waals surface area contributed by atoms with Gasteiger partial charge in [0.15, 0.2) is 0 Å². The second-order valence-corrected chi connectivity index (χ2v) is 6.01. The van der Waals surface area contributed by atoms with Gasteiger partial charge in [-0.25, -0.2) is 0 Å². The van der Waals surface area contributed by atoms with Gasteiger partial charge in [0.2, 0.25) is 0 Å². The first-order chi connectivity index (χ1) is 7.91. The molecule has 1 aromatic rings. The third-order valence-corrected chi connectivity index (χ3v) is 3.71. The molecular formula is C12H16Br2N2O. The van der Waals surface area contributed by atoms with Crippen molar-refractivity contribution in [2.45, 2.75) is 19.9 Å². The monoisotopic (exact) mass is 362 g/mol. The summed E-state index contributed by atoms with van der Waals surface area (Å²) in [7, 11) is 0. The first-order valence-electron chi connectivity index (χ1n) is 5.40. The Hall–Kier alpha value is -0.390. The fraction of sp³-hybridized carbons (Fsp3) is 0.417. The van der Waals surface area contributed by atoms with Gasteiger partial charge in [0.25, 0.3) is 5.91 Å². The van der Waals surface area contributed by atoms with Gasteiger partial charge in [0, 0.05) is 21.5 Å². The molecule has 0 spiro atoms. The van der Waals surface area contributed by atoms with E-state index in [2.05, 4.69) is 37.2 Å². The van der Waals surface area contributed by atoms with E-state index >= 15 is 0 Å². The quantitative estimate of drug-likeness (QED) is 0.864. The highest BCUT2D eigenvalue weighted by Gasteiger charge is 2.13. The van der Waals surface area contributed by atoms with Crippen molar-refractivity contribution in [3.8, 4) is 0 Å². The zero-order valence-corrected chi connectivity index (χ0v) is 13.0. The maximum absolute atomic E-state index is 11.9. The molecule has 5 heteroatoms. The lowest BCUT2D eigenvalue weighted by molar-refractivity contribution is 0.0948. The molecule has 0 aliphatic rings. The Morgan fingerprint density at radius 3 is 2.65 bits per heavy atom. The highest BCUT2D eigenvalue weighted by molar-refractivity contribution is 9.11. The van der Waals surface area contributed by atoms with Gasteiger partial charge in [-0.1, -0.05) is 29.8 Å². The zero-order chi connectivity index (χ0) is 13.0. The normalized spacial score (nSPS) is 12.6. The maximum Gasteiger partial charge on any atom is 0.252 e. The summed E-state index contributed by atoms with van der Waals surface area (Å²) in [6, 6.07) is 5.47. The number of rotatable bonds is 4. The van der Waals surface area contributed by atoms with Crippen molar-refractivity contribution in [1.29, 1.82) is 0 Å². The molecule has 0 aliphatic carbocycles. The maximum atomic E-state index is 11.9. The van der Waals surface area contributed by atoms with Crippen molar-refractivity contribution in [3.63, 3.8) is 0 Å². The Kier molecular flexibility index (Phi) is 5.62. The number of carbonyl (C=O) groups excluding carboxylic acids is 1. The van der Waals surface area contributed by atoms with Gasteiger partial charge in [0.1, 0.15) is 0 Å². The van der Waals surface area contributed by atoms with Gasteiger partial charge in [-0.15, -0.1) is 0 Å². The average molecular weight is 364 g/mol. The van der Waals surface area contributed by atoms with E-state index < -0.39 is 0 Å². The zero-order valence-electron chi connectivity index (χ0n) is 9.84. The van der Waals surface area contributed by atoms with Crippen molar-refractivity contribution in [3.05, 3.63) is 32.7 Å². The van der Waals surface area contributed by atoms with E-state index in [1.807, 2.05) is 26.0 Å². The number of benzene rings is 1. The van der Waals surface area contributed by atoms with Crippen LogP contribution in [0, 0.1) is 5.92 Å². The van der Waals surface area contributed by atoms with Crippen LogP contribution in [0.3, 0.4) is 0 Å². The number of halogens is 2. The number of nitrogens with one attached hydrogen (secondary N) is 1. The molecule has 0 aromatic heterocycles. The number of hydrogen-bond acceptors (Lipinski definition) is 2. The Labute approximate surface area is 118 Å². The molecule has 0 bridgehead atoms. The van der Waals surface area contributed by atoms with Gasteiger partial charge in [-0.2, -0.15) is 0 Å². The van der Waals surface area contributed by atoms with Crippen LogP contribution in [0.4, 0.5) is 0 Å².